The Morgan fingerprint density at radius 3 is 2.88 bits per heavy atom. The summed E-state index contributed by atoms with van der Waals surface area (Å²) >= 11 is 5.47. The lowest BCUT2D eigenvalue weighted by Gasteiger charge is -1.89. The predicted octanol–water partition coefficient (Wildman–Crippen LogP) is 1.12. The van der Waals surface area contributed by atoms with Crippen molar-refractivity contribution in [2.45, 2.75) is 0 Å². The Morgan fingerprint density at radius 1 is 1.75 bits per heavy atom. The van der Waals surface area contributed by atoms with Crippen LogP contribution in [0.2, 0.25) is 5.02 Å². The summed E-state index contributed by atoms with van der Waals surface area (Å²) in [6.45, 7) is 0. The van der Waals surface area contributed by atoms with Gasteiger partial charge in [0.15, 0.2) is 0 Å². The van der Waals surface area contributed by atoms with Crippen molar-refractivity contribution in [2.24, 2.45) is 0 Å². The summed E-state index contributed by atoms with van der Waals surface area (Å²) in [7, 11) is 0. The third-order valence-corrected chi connectivity index (χ3v) is 1.03. The van der Waals surface area contributed by atoms with Crippen LogP contribution < -0.4 is 5.73 Å². The zero-order valence-electron chi connectivity index (χ0n) is 4.06. The third kappa shape index (κ3) is 0.898. The van der Waals surface area contributed by atoms with E-state index >= 15 is 0 Å². The highest BCUT2D eigenvalue weighted by molar-refractivity contribution is 6.32. The van der Waals surface area contributed by atoms with Gasteiger partial charge >= 0.3 is 0 Å². The molecule has 0 atom stereocenters. The molecule has 0 saturated heterocycles. The van der Waals surface area contributed by atoms with Crippen LogP contribution in [0.15, 0.2) is 12.3 Å². The number of nitrogens with zero attached hydrogens (tertiary/aromatic N) is 1. The van der Waals surface area contributed by atoms with Gasteiger partial charge in [-0.25, -0.2) is 4.98 Å². The van der Waals surface area contributed by atoms with E-state index in [0.717, 1.165) is 0 Å². The largest absolute Gasteiger partial charge is 0.382 e. The lowest BCUT2D eigenvalue weighted by molar-refractivity contribution is 1.33. The molecule has 1 heterocycles. The van der Waals surface area contributed by atoms with Crippen molar-refractivity contribution in [3.05, 3.63) is 23.4 Å². The van der Waals surface area contributed by atoms with E-state index in [2.05, 4.69) is 11.1 Å². The van der Waals surface area contributed by atoms with Crippen LogP contribution in [0.1, 0.15) is 0 Å². The standard InChI is InChI=1S/C5H4ClN2/c6-4-2-1-3-8-5(4)7/h1,3H,(H2,7,8). The van der Waals surface area contributed by atoms with Crippen LogP contribution in [0.3, 0.4) is 0 Å². The second-order valence-corrected chi connectivity index (χ2v) is 1.67. The number of hydrogen-bond donors (Lipinski definition) is 1. The molecule has 0 aliphatic rings. The molecule has 8 heavy (non-hydrogen) atoms. The number of nitrogen functional groups attached to an aromatic ring is 1. The number of anilines is 1. The summed E-state index contributed by atoms with van der Waals surface area (Å²) in [5.74, 6) is 0.328. The number of pyridine rings is 1. The molecule has 0 unspecified atom stereocenters. The van der Waals surface area contributed by atoms with Gasteiger partial charge in [0.05, 0.1) is 5.02 Å². The molecule has 0 aliphatic carbocycles. The summed E-state index contributed by atoms with van der Waals surface area (Å²) in [5, 5.41) is 0.382. The van der Waals surface area contributed by atoms with Crippen LogP contribution in [0.25, 0.3) is 0 Å². The lowest BCUT2D eigenvalue weighted by atomic mass is 10.5. The zero-order valence-corrected chi connectivity index (χ0v) is 4.81. The predicted molar refractivity (Wildman–Crippen MR) is 32.5 cm³/mol. The highest BCUT2D eigenvalue weighted by Crippen LogP contribution is 2.11. The Bertz CT molecular complexity index is 167. The summed E-state index contributed by atoms with van der Waals surface area (Å²) in [5.41, 5.74) is 5.25. The van der Waals surface area contributed by atoms with Crippen LogP contribution >= 0.6 is 11.6 Å². The minimum Gasteiger partial charge on any atom is -0.382 e. The van der Waals surface area contributed by atoms with Gasteiger partial charge in [0.1, 0.15) is 5.82 Å². The fourth-order valence-corrected chi connectivity index (χ4v) is 0.470. The quantitative estimate of drug-likeness (QED) is 0.567. The fourth-order valence-electron chi connectivity index (χ4n) is 0.359. The van der Waals surface area contributed by atoms with Crippen LogP contribution in [0, 0.1) is 6.07 Å². The molecule has 0 aromatic carbocycles. The molecule has 0 fully saturated rings. The molecule has 0 saturated carbocycles. The highest BCUT2D eigenvalue weighted by Gasteiger charge is 1.89. The minimum atomic E-state index is 0.328. The van der Waals surface area contributed by atoms with Crippen LogP contribution in [0.5, 0.6) is 0 Å². The fraction of sp³-hybridized carbons (Fsp3) is 0. The van der Waals surface area contributed by atoms with E-state index in [1.54, 1.807) is 12.3 Å². The van der Waals surface area contributed by atoms with Gasteiger partial charge in [-0.3, -0.25) is 0 Å². The van der Waals surface area contributed by atoms with Crippen molar-refractivity contribution in [2.75, 3.05) is 5.73 Å². The van der Waals surface area contributed by atoms with Gasteiger partial charge in [0, 0.05) is 12.3 Å². The average molecular weight is 128 g/mol. The Kier molecular flexibility index (Phi) is 1.35. The van der Waals surface area contributed by atoms with Crippen molar-refractivity contribution in [1.82, 2.24) is 4.98 Å². The number of aromatic nitrogens is 1. The lowest BCUT2D eigenvalue weighted by Crippen LogP contribution is -1.88. The molecule has 0 spiro atoms. The molecular formula is C5H4ClN2. The van der Waals surface area contributed by atoms with Crippen LogP contribution in [-0.4, -0.2) is 4.98 Å². The topological polar surface area (TPSA) is 38.9 Å². The molecule has 1 aromatic rings. The molecule has 2 N–H and O–H groups in total. The maximum atomic E-state index is 5.47. The first-order chi connectivity index (χ1) is 3.80. The SMILES string of the molecule is Nc1ncc[c]c1Cl. The second kappa shape index (κ2) is 2.01. The second-order valence-electron chi connectivity index (χ2n) is 1.29. The third-order valence-electron chi connectivity index (χ3n) is 0.723. The highest BCUT2D eigenvalue weighted by atomic mass is 35.5. The average Bonchev–Trinajstić information content (AvgIpc) is 1.77. The zero-order chi connectivity index (χ0) is 5.98. The Balaban J connectivity index is 3.13. The Morgan fingerprint density at radius 2 is 2.50 bits per heavy atom. The van der Waals surface area contributed by atoms with Crippen molar-refractivity contribution in [1.29, 1.82) is 0 Å². The molecule has 0 amide bonds. The summed E-state index contributed by atoms with van der Waals surface area (Å²) in [4.78, 5) is 3.69. The van der Waals surface area contributed by atoms with Crippen LogP contribution in [-0.2, 0) is 0 Å². The van der Waals surface area contributed by atoms with E-state index < -0.39 is 0 Å². The maximum absolute atomic E-state index is 5.47. The number of halogens is 1. The first-order valence-corrected chi connectivity index (χ1v) is 2.46. The smallest absolute Gasteiger partial charge is 0.142 e. The van der Waals surface area contributed by atoms with Gasteiger partial charge < -0.3 is 5.73 Å². The van der Waals surface area contributed by atoms with Gasteiger partial charge in [-0.05, 0) is 6.07 Å². The van der Waals surface area contributed by atoms with Crippen molar-refractivity contribution in [3.63, 3.8) is 0 Å². The first kappa shape index (κ1) is 5.38. The molecule has 0 bridgehead atoms. The van der Waals surface area contributed by atoms with E-state index in [0.29, 0.717) is 10.8 Å². The molecule has 3 heteroatoms. The molecule has 1 rings (SSSR count). The van der Waals surface area contributed by atoms with Gasteiger partial charge in [-0.2, -0.15) is 0 Å². The van der Waals surface area contributed by atoms with E-state index in [1.165, 1.54) is 0 Å². The summed E-state index contributed by atoms with van der Waals surface area (Å²) in [6, 6.07) is 4.29. The maximum Gasteiger partial charge on any atom is 0.142 e. The number of hydrogen-bond acceptors (Lipinski definition) is 2. The van der Waals surface area contributed by atoms with Gasteiger partial charge in [0.25, 0.3) is 0 Å². The van der Waals surface area contributed by atoms with Gasteiger partial charge in [-0.1, -0.05) is 11.6 Å². The number of nitrogens with two attached hydrogens (primary N) is 1. The van der Waals surface area contributed by atoms with Crippen molar-refractivity contribution >= 4 is 17.4 Å². The Hall–Kier alpha value is -0.760. The Labute approximate surface area is 52.3 Å². The minimum absolute atomic E-state index is 0.328. The van der Waals surface area contributed by atoms with Crippen molar-refractivity contribution < 1.29 is 0 Å². The number of rotatable bonds is 0. The summed E-state index contributed by atoms with van der Waals surface area (Å²) in [6.07, 6.45) is 1.54. The van der Waals surface area contributed by atoms with E-state index in [-0.39, 0.29) is 0 Å². The van der Waals surface area contributed by atoms with Gasteiger partial charge in [0.2, 0.25) is 0 Å². The molecule has 1 radical (unpaired) electrons. The molecule has 41 valence electrons. The molecular weight excluding hydrogens is 124 g/mol. The molecule has 0 aliphatic heterocycles. The van der Waals surface area contributed by atoms with E-state index in [1.807, 2.05) is 0 Å². The summed E-state index contributed by atoms with van der Waals surface area (Å²) < 4.78 is 0. The monoisotopic (exact) mass is 127 g/mol. The molecule has 1 aromatic heterocycles. The normalized spacial score (nSPS) is 9.12. The van der Waals surface area contributed by atoms with E-state index in [4.69, 9.17) is 17.3 Å². The van der Waals surface area contributed by atoms with Crippen molar-refractivity contribution in [3.8, 4) is 0 Å². The van der Waals surface area contributed by atoms with E-state index in [9.17, 15) is 0 Å². The van der Waals surface area contributed by atoms with Crippen LogP contribution in [0.4, 0.5) is 5.82 Å². The van der Waals surface area contributed by atoms with Gasteiger partial charge in [-0.15, -0.1) is 0 Å². The molecule has 2 nitrogen and oxygen atoms in total. The first-order valence-electron chi connectivity index (χ1n) is 2.08.